The van der Waals surface area contributed by atoms with Crippen LogP contribution < -0.4 is 5.73 Å². The molecule has 0 radical (unpaired) electrons. The standard InChI is InChI=1S/C51H40N2/c1-51(2)47-33-40(26-27-44(47)46-31-38-17-9-10-18-39(38)32-48(46)51)41-28-29-45(43-20-12-11-19-42(41)43)49(30-21-34-13-5-3-6-14-34)53-50(52)37-24-22-36(23-25-37)35-15-7-4-8-16-35/h3-20,22-33H,21H2,1-2H3,(H2,52,53)/b49-30-. The molecule has 0 atom stereocenters. The Morgan fingerprint density at radius 1 is 0.528 bits per heavy atom. The second kappa shape index (κ2) is 13.2. The summed E-state index contributed by atoms with van der Waals surface area (Å²) in [4.78, 5) is 5.15. The van der Waals surface area contributed by atoms with Gasteiger partial charge in [-0.25, -0.2) is 4.99 Å². The number of hydrogen-bond acceptors (Lipinski definition) is 1. The van der Waals surface area contributed by atoms with Crippen LogP contribution in [0.5, 0.6) is 0 Å². The van der Waals surface area contributed by atoms with E-state index in [0.717, 1.165) is 34.2 Å². The van der Waals surface area contributed by atoms with E-state index >= 15 is 0 Å². The lowest BCUT2D eigenvalue weighted by atomic mass is 9.81. The van der Waals surface area contributed by atoms with Gasteiger partial charge in [0.05, 0.1) is 5.70 Å². The fraction of sp³-hybridized carbons (Fsp3) is 0.0784. The SMILES string of the molecule is CC1(C)c2cc(-c3ccc(/C(=C/Cc4ccccc4)N=C(N)c4ccc(-c5ccccc5)cc4)c4ccccc34)ccc2-c2cc3ccccc3cc21. The Balaban J connectivity index is 1.13. The first-order valence-corrected chi connectivity index (χ1v) is 18.4. The predicted molar refractivity (Wildman–Crippen MR) is 225 cm³/mol. The van der Waals surface area contributed by atoms with Crippen LogP contribution >= 0.6 is 0 Å². The minimum atomic E-state index is -0.112. The minimum Gasteiger partial charge on any atom is -0.383 e. The van der Waals surface area contributed by atoms with Gasteiger partial charge in [0.1, 0.15) is 5.84 Å². The summed E-state index contributed by atoms with van der Waals surface area (Å²) in [5.41, 5.74) is 20.9. The molecule has 0 spiro atoms. The first kappa shape index (κ1) is 32.4. The summed E-state index contributed by atoms with van der Waals surface area (Å²) in [6.07, 6.45) is 2.95. The lowest BCUT2D eigenvalue weighted by molar-refractivity contribution is 0.661. The molecule has 53 heavy (non-hydrogen) atoms. The van der Waals surface area contributed by atoms with E-state index < -0.39 is 0 Å². The van der Waals surface area contributed by atoms with Crippen molar-refractivity contribution in [1.82, 2.24) is 0 Å². The van der Waals surface area contributed by atoms with Crippen LogP contribution in [0.3, 0.4) is 0 Å². The summed E-state index contributed by atoms with van der Waals surface area (Å²) in [5, 5.41) is 4.91. The fourth-order valence-corrected chi connectivity index (χ4v) is 8.07. The van der Waals surface area contributed by atoms with E-state index in [2.05, 4.69) is 190 Å². The number of aliphatic imine (C=N–C) groups is 1. The van der Waals surface area contributed by atoms with Gasteiger partial charge < -0.3 is 5.73 Å². The summed E-state index contributed by atoms with van der Waals surface area (Å²) in [7, 11) is 0. The number of benzene rings is 8. The summed E-state index contributed by atoms with van der Waals surface area (Å²) < 4.78 is 0. The molecule has 0 bridgehead atoms. The summed E-state index contributed by atoms with van der Waals surface area (Å²) >= 11 is 0. The molecule has 0 amide bonds. The Morgan fingerprint density at radius 2 is 1.11 bits per heavy atom. The van der Waals surface area contributed by atoms with Crippen LogP contribution in [0.25, 0.3) is 60.6 Å². The maximum atomic E-state index is 6.81. The molecule has 0 aromatic heterocycles. The maximum Gasteiger partial charge on any atom is 0.131 e. The van der Waals surface area contributed by atoms with Gasteiger partial charge in [0, 0.05) is 16.5 Å². The lowest BCUT2D eigenvalue weighted by Crippen LogP contribution is -2.15. The van der Waals surface area contributed by atoms with Crippen molar-refractivity contribution in [3.05, 3.63) is 210 Å². The number of fused-ring (bicyclic) bond motifs is 5. The summed E-state index contributed by atoms with van der Waals surface area (Å²) in [6, 6.07) is 62.9. The molecule has 8 aromatic carbocycles. The van der Waals surface area contributed by atoms with Crippen molar-refractivity contribution in [3.8, 4) is 33.4 Å². The van der Waals surface area contributed by atoms with Gasteiger partial charge in [0.15, 0.2) is 0 Å². The zero-order valence-corrected chi connectivity index (χ0v) is 30.1. The van der Waals surface area contributed by atoms with E-state index in [1.54, 1.807) is 0 Å². The van der Waals surface area contributed by atoms with E-state index in [0.29, 0.717) is 5.84 Å². The Hall–Kier alpha value is -6.51. The van der Waals surface area contributed by atoms with E-state index in [1.807, 2.05) is 6.07 Å². The topological polar surface area (TPSA) is 38.4 Å². The van der Waals surface area contributed by atoms with E-state index in [4.69, 9.17) is 10.7 Å². The Kier molecular flexibility index (Phi) is 8.09. The molecule has 0 unspecified atom stereocenters. The highest BCUT2D eigenvalue weighted by Crippen LogP contribution is 2.51. The zero-order chi connectivity index (χ0) is 35.9. The third kappa shape index (κ3) is 5.93. The molecule has 0 aliphatic heterocycles. The quantitative estimate of drug-likeness (QED) is 0.132. The molecule has 8 aromatic rings. The van der Waals surface area contributed by atoms with Crippen molar-refractivity contribution in [2.45, 2.75) is 25.7 Å². The van der Waals surface area contributed by atoms with Crippen LogP contribution in [0, 0.1) is 0 Å². The largest absolute Gasteiger partial charge is 0.383 e. The molecular formula is C51H40N2. The smallest absolute Gasteiger partial charge is 0.131 e. The average molecular weight is 681 g/mol. The van der Waals surface area contributed by atoms with Gasteiger partial charge in [-0.05, 0) is 96.2 Å². The second-order valence-corrected chi connectivity index (χ2v) is 14.6. The highest BCUT2D eigenvalue weighted by molar-refractivity contribution is 6.06. The van der Waals surface area contributed by atoms with Gasteiger partial charge in [0.2, 0.25) is 0 Å². The van der Waals surface area contributed by atoms with Crippen molar-refractivity contribution in [1.29, 1.82) is 0 Å². The molecule has 0 heterocycles. The second-order valence-electron chi connectivity index (χ2n) is 14.6. The van der Waals surface area contributed by atoms with Gasteiger partial charge in [-0.2, -0.15) is 0 Å². The van der Waals surface area contributed by atoms with Crippen LogP contribution in [0.2, 0.25) is 0 Å². The van der Waals surface area contributed by atoms with Crippen LogP contribution in [-0.4, -0.2) is 5.84 Å². The number of nitrogens with two attached hydrogens (primary N) is 1. The summed E-state index contributed by atoms with van der Waals surface area (Å²) in [5.74, 6) is 0.491. The first-order valence-electron chi connectivity index (χ1n) is 18.4. The third-order valence-corrected chi connectivity index (χ3v) is 11.0. The predicted octanol–water partition coefficient (Wildman–Crippen LogP) is 12.6. The average Bonchev–Trinajstić information content (AvgIpc) is 3.43. The molecule has 2 heteroatoms. The Labute approximate surface area is 311 Å². The lowest BCUT2D eigenvalue weighted by Gasteiger charge is -2.22. The van der Waals surface area contributed by atoms with Gasteiger partial charge in [0.25, 0.3) is 0 Å². The molecule has 0 saturated carbocycles. The Morgan fingerprint density at radius 3 is 1.87 bits per heavy atom. The number of hydrogen-bond donors (Lipinski definition) is 1. The molecular weight excluding hydrogens is 641 g/mol. The molecule has 2 N–H and O–H groups in total. The van der Waals surface area contributed by atoms with Crippen molar-refractivity contribution >= 4 is 33.1 Å². The molecule has 1 aliphatic rings. The van der Waals surface area contributed by atoms with Crippen molar-refractivity contribution in [3.63, 3.8) is 0 Å². The van der Waals surface area contributed by atoms with Crippen molar-refractivity contribution in [2.24, 2.45) is 10.7 Å². The monoisotopic (exact) mass is 680 g/mol. The minimum absolute atomic E-state index is 0.112. The van der Waals surface area contributed by atoms with Gasteiger partial charge >= 0.3 is 0 Å². The highest BCUT2D eigenvalue weighted by Gasteiger charge is 2.36. The van der Waals surface area contributed by atoms with E-state index in [9.17, 15) is 0 Å². The van der Waals surface area contributed by atoms with Gasteiger partial charge in [-0.15, -0.1) is 0 Å². The summed E-state index contributed by atoms with van der Waals surface area (Å²) in [6.45, 7) is 4.72. The molecule has 9 rings (SSSR count). The van der Waals surface area contributed by atoms with Crippen LogP contribution in [-0.2, 0) is 11.8 Å². The normalized spacial score (nSPS) is 13.6. The van der Waals surface area contributed by atoms with Crippen LogP contribution in [0.4, 0.5) is 0 Å². The van der Waals surface area contributed by atoms with Gasteiger partial charge in [-0.1, -0.05) is 178 Å². The number of amidine groups is 1. The first-order chi connectivity index (χ1) is 25.9. The molecule has 2 nitrogen and oxygen atoms in total. The van der Waals surface area contributed by atoms with Crippen molar-refractivity contribution in [2.75, 3.05) is 0 Å². The number of nitrogens with zero attached hydrogens (tertiary/aromatic N) is 1. The highest BCUT2D eigenvalue weighted by atomic mass is 14.9. The molecule has 0 saturated heterocycles. The fourth-order valence-electron chi connectivity index (χ4n) is 8.07. The zero-order valence-electron chi connectivity index (χ0n) is 30.1. The van der Waals surface area contributed by atoms with E-state index in [-0.39, 0.29) is 5.41 Å². The molecule has 0 fully saturated rings. The molecule has 1 aliphatic carbocycles. The maximum absolute atomic E-state index is 6.81. The van der Waals surface area contributed by atoms with E-state index in [1.165, 1.54) is 60.7 Å². The number of rotatable bonds is 7. The van der Waals surface area contributed by atoms with Crippen LogP contribution in [0.1, 0.15) is 41.7 Å². The van der Waals surface area contributed by atoms with Crippen molar-refractivity contribution < 1.29 is 0 Å². The molecule has 254 valence electrons. The number of allylic oxidation sites excluding steroid dienone is 1. The Bertz CT molecular complexity index is 2700. The third-order valence-electron chi connectivity index (χ3n) is 11.0. The van der Waals surface area contributed by atoms with Gasteiger partial charge in [-0.3, -0.25) is 0 Å². The van der Waals surface area contributed by atoms with Crippen LogP contribution in [0.15, 0.2) is 187 Å².